The van der Waals surface area contributed by atoms with Crippen LogP contribution in [0.2, 0.25) is 15.1 Å². The molecule has 0 saturated heterocycles. The van der Waals surface area contributed by atoms with Crippen molar-refractivity contribution in [1.29, 1.82) is 0 Å². The molecule has 0 bridgehead atoms. The second-order valence-corrected chi connectivity index (χ2v) is 4.14. The van der Waals surface area contributed by atoms with Crippen LogP contribution in [0.1, 0.15) is 0 Å². The van der Waals surface area contributed by atoms with Gasteiger partial charge in [-0.25, -0.2) is 0 Å². The van der Waals surface area contributed by atoms with Crippen LogP contribution in [0.25, 0.3) is 0 Å². The van der Waals surface area contributed by atoms with Crippen molar-refractivity contribution in [2.24, 2.45) is 0 Å². The summed E-state index contributed by atoms with van der Waals surface area (Å²) in [6.45, 7) is 0. The van der Waals surface area contributed by atoms with E-state index in [1.165, 1.54) is 0 Å². The van der Waals surface area contributed by atoms with E-state index in [0.29, 0.717) is 0 Å². The molecule has 1 atom stereocenters. The summed E-state index contributed by atoms with van der Waals surface area (Å²) in [5, 5.41) is 8.78. The molecule has 1 rings (SSSR count). The predicted octanol–water partition coefficient (Wildman–Crippen LogP) is -0.406. The SMILES string of the molecule is O=S([O-])c1c(O)c(Cl)cc(Cl)c1Cl.[Na+]. The number of benzene rings is 1. The van der Waals surface area contributed by atoms with Gasteiger partial charge in [0.1, 0.15) is 0 Å². The van der Waals surface area contributed by atoms with E-state index in [2.05, 4.69) is 0 Å². The molecule has 0 aromatic heterocycles. The van der Waals surface area contributed by atoms with E-state index in [-0.39, 0.29) is 44.6 Å². The summed E-state index contributed by atoms with van der Waals surface area (Å²) in [6, 6.07) is 1.16. The molecule has 0 aliphatic rings. The maximum Gasteiger partial charge on any atom is 1.00 e. The molecule has 0 heterocycles. The molecule has 0 fully saturated rings. The van der Waals surface area contributed by atoms with Crippen LogP contribution in [0.3, 0.4) is 0 Å². The van der Waals surface area contributed by atoms with Crippen LogP contribution in [0.5, 0.6) is 5.75 Å². The van der Waals surface area contributed by atoms with Crippen LogP contribution in [-0.4, -0.2) is 13.9 Å². The van der Waals surface area contributed by atoms with Crippen LogP contribution in [0.15, 0.2) is 11.0 Å². The van der Waals surface area contributed by atoms with E-state index in [4.69, 9.17) is 34.8 Å². The van der Waals surface area contributed by atoms with Crippen molar-refractivity contribution in [2.45, 2.75) is 4.90 Å². The van der Waals surface area contributed by atoms with Gasteiger partial charge in [-0.15, -0.1) is 0 Å². The molecular formula is C6H2Cl3NaO3S. The molecule has 1 N–H and O–H groups in total. The van der Waals surface area contributed by atoms with Crippen molar-refractivity contribution in [3.8, 4) is 5.75 Å². The summed E-state index contributed by atoms with van der Waals surface area (Å²) >= 11 is 13.9. The number of rotatable bonds is 1. The maximum atomic E-state index is 10.6. The molecule has 0 spiro atoms. The fourth-order valence-corrected chi connectivity index (χ4v) is 2.15. The molecule has 1 aromatic rings. The average Bonchev–Trinajstić information content (AvgIpc) is 2.01. The first-order valence-corrected chi connectivity index (χ1v) is 5.11. The number of phenols is 1. The fourth-order valence-electron chi connectivity index (χ4n) is 0.716. The molecule has 14 heavy (non-hydrogen) atoms. The molecule has 72 valence electrons. The minimum absolute atomic E-state index is 0. The van der Waals surface area contributed by atoms with E-state index in [1.807, 2.05) is 0 Å². The van der Waals surface area contributed by atoms with Gasteiger partial charge in [-0.2, -0.15) is 0 Å². The third-order valence-electron chi connectivity index (χ3n) is 1.27. The van der Waals surface area contributed by atoms with Gasteiger partial charge in [0.25, 0.3) is 0 Å². The Morgan fingerprint density at radius 2 is 1.79 bits per heavy atom. The molecule has 3 nitrogen and oxygen atoms in total. The van der Waals surface area contributed by atoms with Gasteiger partial charge in [0.15, 0.2) is 5.75 Å². The van der Waals surface area contributed by atoms with Gasteiger partial charge in [0.05, 0.1) is 20.0 Å². The summed E-state index contributed by atoms with van der Waals surface area (Å²) in [5.41, 5.74) is 0. The molecule has 0 aliphatic heterocycles. The van der Waals surface area contributed by atoms with Crippen LogP contribution < -0.4 is 29.6 Å². The Bertz CT molecular complexity index is 359. The van der Waals surface area contributed by atoms with Crippen molar-refractivity contribution in [3.05, 3.63) is 21.1 Å². The number of halogens is 3. The van der Waals surface area contributed by atoms with Gasteiger partial charge >= 0.3 is 29.6 Å². The maximum absolute atomic E-state index is 10.6. The molecule has 1 aromatic carbocycles. The first kappa shape index (κ1) is 15.0. The van der Waals surface area contributed by atoms with E-state index < -0.39 is 21.7 Å². The third kappa shape index (κ3) is 3.00. The minimum Gasteiger partial charge on any atom is -0.768 e. The molecule has 0 amide bonds. The smallest absolute Gasteiger partial charge is 0.768 e. The van der Waals surface area contributed by atoms with Crippen molar-refractivity contribution in [3.63, 3.8) is 0 Å². The topological polar surface area (TPSA) is 60.4 Å². The summed E-state index contributed by atoms with van der Waals surface area (Å²) in [6.07, 6.45) is 0. The molecule has 0 radical (unpaired) electrons. The zero-order chi connectivity index (χ0) is 10.2. The van der Waals surface area contributed by atoms with E-state index in [0.717, 1.165) is 6.07 Å². The number of hydrogen-bond acceptors (Lipinski definition) is 3. The van der Waals surface area contributed by atoms with Crippen molar-refractivity contribution < 1.29 is 43.4 Å². The number of aromatic hydroxyl groups is 1. The average molecular weight is 283 g/mol. The molecule has 1 unspecified atom stereocenters. The van der Waals surface area contributed by atoms with E-state index in [9.17, 15) is 13.9 Å². The van der Waals surface area contributed by atoms with Crippen molar-refractivity contribution >= 4 is 45.9 Å². The Morgan fingerprint density at radius 1 is 1.29 bits per heavy atom. The molecule has 0 aliphatic carbocycles. The zero-order valence-corrected chi connectivity index (χ0v) is 12.0. The predicted molar refractivity (Wildman–Crippen MR) is 50.3 cm³/mol. The number of phenolic OH excluding ortho intramolecular Hbond substituents is 1. The van der Waals surface area contributed by atoms with Crippen molar-refractivity contribution in [2.75, 3.05) is 0 Å². The van der Waals surface area contributed by atoms with Gasteiger partial charge in [0, 0.05) is 0 Å². The van der Waals surface area contributed by atoms with Crippen LogP contribution in [-0.2, 0) is 11.1 Å². The normalized spacial score (nSPS) is 12.0. The Labute approximate surface area is 120 Å². The summed E-state index contributed by atoms with van der Waals surface area (Å²) < 4.78 is 21.2. The second kappa shape index (κ2) is 5.92. The zero-order valence-electron chi connectivity index (χ0n) is 6.88. The fraction of sp³-hybridized carbons (Fsp3) is 0. The summed E-state index contributed by atoms with van der Waals surface area (Å²) in [5.74, 6) is -0.593. The summed E-state index contributed by atoms with van der Waals surface area (Å²) in [7, 11) is 0. The standard InChI is InChI=1S/C6H3Cl3O3S.Na/c7-2-1-3(8)5(10)6(4(2)9)13(11)12;/h1,10H,(H,11,12);/q;+1/p-1. The Hall–Kier alpha value is 1.000. The Morgan fingerprint density at radius 3 is 2.21 bits per heavy atom. The first-order chi connectivity index (χ1) is 5.95. The van der Waals surface area contributed by atoms with Crippen LogP contribution in [0, 0.1) is 0 Å². The monoisotopic (exact) mass is 282 g/mol. The van der Waals surface area contributed by atoms with Gasteiger partial charge < -0.3 is 9.66 Å². The summed E-state index contributed by atoms with van der Waals surface area (Å²) in [4.78, 5) is -0.487. The third-order valence-corrected chi connectivity index (χ3v) is 3.19. The van der Waals surface area contributed by atoms with E-state index >= 15 is 0 Å². The quantitative estimate of drug-likeness (QED) is 0.433. The van der Waals surface area contributed by atoms with Gasteiger partial charge in [0.2, 0.25) is 0 Å². The van der Waals surface area contributed by atoms with Gasteiger partial charge in [-0.3, -0.25) is 4.21 Å². The second-order valence-electron chi connectivity index (χ2n) is 2.07. The molecule has 0 saturated carbocycles. The van der Waals surface area contributed by atoms with Crippen LogP contribution in [0.4, 0.5) is 0 Å². The van der Waals surface area contributed by atoms with Gasteiger partial charge in [-0.05, 0) is 17.1 Å². The number of hydrogen-bond donors (Lipinski definition) is 1. The molecule has 8 heteroatoms. The Kier molecular flexibility index (Phi) is 6.34. The molecular weight excluding hydrogens is 281 g/mol. The van der Waals surface area contributed by atoms with Crippen LogP contribution >= 0.6 is 34.8 Å². The van der Waals surface area contributed by atoms with E-state index in [1.54, 1.807) is 0 Å². The largest absolute Gasteiger partial charge is 1.00 e. The Balaban J connectivity index is 0.00000169. The first-order valence-electron chi connectivity index (χ1n) is 2.91. The minimum atomic E-state index is -2.67. The van der Waals surface area contributed by atoms with Gasteiger partial charge in [-0.1, -0.05) is 34.8 Å². The van der Waals surface area contributed by atoms with Crippen molar-refractivity contribution in [1.82, 2.24) is 0 Å².